The van der Waals surface area contributed by atoms with Crippen molar-refractivity contribution >= 4 is 29.4 Å². The molecule has 0 aromatic heterocycles. The number of likely N-dealkylation sites (tertiary alicyclic amines) is 1. The second-order valence-electron chi connectivity index (χ2n) is 5.94. The first-order valence-corrected chi connectivity index (χ1v) is 7.61. The molecule has 0 spiro atoms. The lowest BCUT2D eigenvalue weighted by Gasteiger charge is -2.20. The maximum Gasteiger partial charge on any atom is 0.320 e. The Balaban J connectivity index is 1.69. The zero-order chi connectivity index (χ0) is 17.4. The van der Waals surface area contributed by atoms with Gasteiger partial charge in [-0.25, -0.2) is 0 Å². The van der Waals surface area contributed by atoms with E-state index in [1.807, 2.05) is 0 Å². The summed E-state index contributed by atoms with van der Waals surface area (Å²) in [5, 5.41) is 11.8. The van der Waals surface area contributed by atoms with Gasteiger partial charge in [0, 0.05) is 12.7 Å². The Morgan fingerprint density at radius 2 is 1.96 bits per heavy atom. The third-order valence-electron chi connectivity index (χ3n) is 4.37. The lowest BCUT2D eigenvalue weighted by atomic mass is 10.1. The van der Waals surface area contributed by atoms with Gasteiger partial charge in [0.1, 0.15) is 6.04 Å². The van der Waals surface area contributed by atoms with E-state index in [0.717, 1.165) is 11.3 Å². The number of carbonyl (C=O) groups excluding carboxylic acids is 3. The van der Waals surface area contributed by atoms with Crippen LogP contribution in [0.5, 0.6) is 0 Å². The molecule has 1 aromatic rings. The van der Waals surface area contributed by atoms with E-state index in [4.69, 9.17) is 5.11 Å². The van der Waals surface area contributed by atoms with Crippen LogP contribution >= 0.6 is 0 Å². The van der Waals surface area contributed by atoms with Gasteiger partial charge in [0.25, 0.3) is 11.8 Å². The van der Waals surface area contributed by atoms with Gasteiger partial charge in [-0.2, -0.15) is 0 Å². The number of carboxylic acids is 1. The van der Waals surface area contributed by atoms with Crippen molar-refractivity contribution in [3.05, 3.63) is 29.3 Å². The zero-order valence-corrected chi connectivity index (χ0v) is 13.1. The molecule has 0 saturated carbocycles. The maximum atomic E-state index is 12.1. The molecule has 8 heteroatoms. The number of hydrogen-bond acceptors (Lipinski definition) is 5. The summed E-state index contributed by atoms with van der Waals surface area (Å²) < 4.78 is 0. The van der Waals surface area contributed by atoms with Crippen LogP contribution in [0.2, 0.25) is 0 Å². The number of aliphatic carboxylic acids is 1. The summed E-state index contributed by atoms with van der Waals surface area (Å²) in [6, 6.07) is 3.89. The molecule has 8 nitrogen and oxygen atoms in total. The number of rotatable bonds is 4. The van der Waals surface area contributed by atoms with Crippen molar-refractivity contribution < 1.29 is 24.3 Å². The molecule has 0 aliphatic carbocycles. The molecule has 2 aliphatic heterocycles. The first-order chi connectivity index (χ1) is 11.4. The van der Waals surface area contributed by atoms with E-state index in [0.29, 0.717) is 24.2 Å². The number of carboxylic acid groups (broad SMARTS) is 1. The zero-order valence-electron chi connectivity index (χ0n) is 13.1. The Kier molecular flexibility index (Phi) is 4.06. The summed E-state index contributed by atoms with van der Waals surface area (Å²) in [6.07, 6.45) is 1.27. The summed E-state index contributed by atoms with van der Waals surface area (Å²) in [5.41, 5.74) is 0.970. The lowest BCUT2D eigenvalue weighted by molar-refractivity contribution is -0.142. The molecule has 1 unspecified atom stereocenters. The van der Waals surface area contributed by atoms with E-state index in [1.54, 1.807) is 11.0 Å². The lowest BCUT2D eigenvalue weighted by Crippen LogP contribution is -2.40. The molecular formula is C16H17N3O5. The number of nitrogens with zero attached hydrogens (tertiary/aromatic N) is 2. The van der Waals surface area contributed by atoms with Crippen molar-refractivity contribution in [1.82, 2.24) is 9.80 Å². The average molecular weight is 331 g/mol. The number of amides is 3. The van der Waals surface area contributed by atoms with E-state index in [1.165, 1.54) is 19.2 Å². The molecule has 24 heavy (non-hydrogen) atoms. The highest BCUT2D eigenvalue weighted by Gasteiger charge is 2.33. The monoisotopic (exact) mass is 331 g/mol. The van der Waals surface area contributed by atoms with Crippen molar-refractivity contribution in [3.63, 3.8) is 0 Å². The molecular weight excluding hydrogens is 314 g/mol. The summed E-state index contributed by atoms with van der Waals surface area (Å²) >= 11 is 0. The smallest absolute Gasteiger partial charge is 0.320 e. The Hall–Kier alpha value is -2.74. The second kappa shape index (κ2) is 6.04. The molecule has 0 bridgehead atoms. The van der Waals surface area contributed by atoms with Crippen LogP contribution in [0.25, 0.3) is 0 Å². The van der Waals surface area contributed by atoms with Gasteiger partial charge in [-0.1, -0.05) is 0 Å². The highest BCUT2D eigenvalue weighted by Crippen LogP contribution is 2.25. The van der Waals surface area contributed by atoms with Crippen molar-refractivity contribution in [2.24, 2.45) is 0 Å². The number of nitrogens with one attached hydrogen (secondary N) is 1. The quantitative estimate of drug-likeness (QED) is 0.774. The van der Waals surface area contributed by atoms with Gasteiger partial charge >= 0.3 is 5.97 Å². The van der Waals surface area contributed by atoms with Gasteiger partial charge in [0.15, 0.2) is 0 Å². The van der Waals surface area contributed by atoms with E-state index in [-0.39, 0.29) is 23.9 Å². The van der Waals surface area contributed by atoms with Gasteiger partial charge in [0.2, 0.25) is 5.91 Å². The Bertz CT molecular complexity index is 745. The van der Waals surface area contributed by atoms with E-state index >= 15 is 0 Å². The van der Waals surface area contributed by atoms with Crippen molar-refractivity contribution in [2.75, 3.05) is 25.5 Å². The minimum atomic E-state index is -0.926. The largest absolute Gasteiger partial charge is 0.480 e. The number of hydrogen-bond donors (Lipinski definition) is 2. The summed E-state index contributed by atoms with van der Waals surface area (Å²) in [7, 11) is 1.41. The Morgan fingerprint density at radius 3 is 2.67 bits per heavy atom. The van der Waals surface area contributed by atoms with Gasteiger partial charge in [0.05, 0.1) is 17.7 Å². The number of fused-ring (bicyclic) bond motifs is 1. The Labute approximate surface area is 138 Å². The van der Waals surface area contributed by atoms with Gasteiger partial charge in [-0.15, -0.1) is 0 Å². The fourth-order valence-electron chi connectivity index (χ4n) is 3.12. The standard InChI is InChI=1S/C16H17N3O5/c1-18-14(21)10-5-4-9(7-11(10)15(18)22)17-13(20)8-19-6-2-3-12(19)16(23)24/h4-5,7,12H,2-3,6,8H2,1H3,(H,17,20)(H,23,24). The van der Waals surface area contributed by atoms with Crippen LogP contribution in [0, 0.1) is 0 Å². The number of benzene rings is 1. The number of anilines is 1. The van der Waals surface area contributed by atoms with Crippen LogP contribution in [0.1, 0.15) is 33.6 Å². The summed E-state index contributed by atoms with van der Waals surface area (Å²) in [5.74, 6) is -2.05. The predicted octanol–water partition coefficient (Wildman–Crippen LogP) is 0.400. The Morgan fingerprint density at radius 1 is 1.25 bits per heavy atom. The van der Waals surface area contributed by atoms with Gasteiger partial charge in [-0.05, 0) is 37.6 Å². The van der Waals surface area contributed by atoms with Crippen LogP contribution in [0.4, 0.5) is 5.69 Å². The SMILES string of the molecule is CN1C(=O)c2ccc(NC(=O)CN3CCCC3C(=O)O)cc2C1=O. The second-order valence-corrected chi connectivity index (χ2v) is 5.94. The van der Waals surface area contributed by atoms with E-state index < -0.39 is 17.9 Å². The molecule has 126 valence electrons. The maximum absolute atomic E-state index is 12.1. The molecule has 3 rings (SSSR count). The topological polar surface area (TPSA) is 107 Å². The predicted molar refractivity (Wildman–Crippen MR) is 83.7 cm³/mol. The average Bonchev–Trinajstić information content (AvgIpc) is 3.07. The molecule has 2 N–H and O–H groups in total. The van der Waals surface area contributed by atoms with Crippen LogP contribution in [-0.2, 0) is 9.59 Å². The highest BCUT2D eigenvalue weighted by molar-refractivity contribution is 6.21. The minimum absolute atomic E-state index is 0.0270. The summed E-state index contributed by atoms with van der Waals surface area (Å²) in [6.45, 7) is 0.535. The number of imide groups is 1. The van der Waals surface area contributed by atoms with Crippen LogP contribution in [0.3, 0.4) is 0 Å². The van der Waals surface area contributed by atoms with Crippen LogP contribution < -0.4 is 5.32 Å². The van der Waals surface area contributed by atoms with Gasteiger partial charge in [-0.3, -0.25) is 29.0 Å². The molecule has 2 heterocycles. The molecule has 1 aromatic carbocycles. The van der Waals surface area contributed by atoms with Crippen LogP contribution in [-0.4, -0.2) is 64.8 Å². The first kappa shape index (κ1) is 16.1. The van der Waals surface area contributed by atoms with Crippen molar-refractivity contribution in [3.8, 4) is 0 Å². The minimum Gasteiger partial charge on any atom is -0.480 e. The molecule has 0 radical (unpaired) electrons. The molecule has 3 amide bonds. The van der Waals surface area contributed by atoms with Crippen LogP contribution in [0.15, 0.2) is 18.2 Å². The fourth-order valence-corrected chi connectivity index (χ4v) is 3.12. The third kappa shape index (κ3) is 2.76. The van der Waals surface area contributed by atoms with E-state index in [9.17, 15) is 19.2 Å². The number of carbonyl (C=O) groups is 4. The molecule has 1 saturated heterocycles. The molecule has 2 aliphatic rings. The van der Waals surface area contributed by atoms with Gasteiger partial charge < -0.3 is 10.4 Å². The van der Waals surface area contributed by atoms with Crippen molar-refractivity contribution in [2.45, 2.75) is 18.9 Å². The molecule has 1 atom stereocenters. The highest BCUT2D eigenvalue weighted by atomic mass is 16.4. The van der Waals surface area contributed by atoms with Crippen molar-refractivity contribution in [1.29, 1.82) is 0 Å². The normalized spacial score (nSPS) is 20.4. The third-order valence-corrected chi connectivity index (χ3v) is 4.37. The fraction of sp³-hybridized carbons (Fsp3) is 0.375. The summed E-state index contributed by atoms with van der Waals surface area (Å²) in [4.78, 5) is 49.7. The van der Waals surface area contributed by atoms with E-state index in [2.05, 4.69) is 5.32 Å². The first-order valence-electron chi connectivity index (χ1n) is 7.61. The molecule has 1 fully saturated rings.